The first-order valence-electron chi connectivity index (χ1n) is 8.57. The van der Waals surface area contributed by atoms with Crippen LogP contribution >= 0.6 is 11.3 Å². The molecule has 0 bridgehead atoms. The second-order valence-electron chi connectivity index (χ2n) is 6.47. The molecule has 0 unspecified atom stereocenters. The number of thiazole rings is 1. The Labute approximate surface area is 160 Å². The van der Waals surface area contributed by atoms with E-state index in [1.54, 1.807) is 31.3 Å². The minimum absolute atomic E-state index is 0.264. The van der Waals surface area contributed by atoms with Crippen LogP contribution in [0.3, 0.4) is 0 Å². The van der Waals surface area contributed by atoms with E-state index in [2.05, 4.69) is 20.3 Å². The summed E-state index contributed by atoms with van der Waals surface area (Å²) in [7, 11) is 3.47. The minimum atomic E-state index is -1.46. The highest BCUT2D eigenvalue weighted by atomic mass is 32.1. The van der Waals surface area contributed by atoms with Gasteiger partial charge in [0.25, 0.3) is 5.91 Å². The largest absolute Gasteiger partial charge is 0.375 e. The summed E-state index contributed by atoms with van der Waals surface area (Å²) in [4.78, 5) is 27.1. The van der Waals surface area contributed by atoms with E-state index < -0.39 is 5.60 Å². The molecule has 138 valence electrons. The molecule has 1 amide bonds. The standard InChI is InChI=1S/C19H19N5O2S/c1-20-18-21-8-6-14(23-18)15-11-27-16(22-15)12-4-3-5-13(10-12)19(26)7-9-24(2)17(19)25/h3-6,8,10-11,26H,7,9H2,1-2H3,(H,20,21,23)/t19-/m1/s1. The second-order valence-corrected chi connectivity index (χ2v) is 7.33. The van der Waals surface area contributed by atoms with E-state index in [0.717, 1.165) is 22.0 Å². The molecule has 27 heavy (non-hydrogen) atoms. The number of nitrogens with zero attached hydrogens (tertiary/aromatic N) is 4. The Morgan fingerprint density at radius 2 is 2.11 bits per heavy atom. The molecule has 3 aromatic rings. The van der Waals surface area contributed by atoms with Crippen molar-refractivity contribution in [3.05, 3.63) is 47.5 Å². The lowest BCUT2D eigenvalue weighted by Gasteiger charge is -2.21. The zero-order valence-corrected chi connectivity index (χ0v) is 15.8. The number of carbonyl (C=O) groups is 1. The molecule has 8 heteroatoms. The van der Waals surface area contributed by atoms with Crippen molar-refractivity contribution in [3.63, 3.8) is 0 Å². The molecule has 4 rings (SSSR count). The zero-order chi connectivity index (χ0) is 19.0. The monoisotopic (exact) mass is 381 g/mol. The molecule has 1 aromatic carbocycles. The summed E-state index contributed by atoms with van der Waals surface area (Å²) in [5, 5.41) is 16.5. The van der Waals surface area contributed by atoms with Gasteiger partial charge in [0, 0.05) is 44.2 Å². The predicted octanol–water partition coefficient (Wildman–Crippen LogP) is 2.36. The summed E-state index contributed by atoms with van der Waals surface area (Å²) < 4.78 is 0. The maximum atomic E-state index is 12.4. The van der Waals surface area contributed by atoms with Gasteiger partial charge in [0.05, 0.1) is 5.69 Å². The maximum absolute atomic E-state index is 12.4. The van der Waals surface area contributed by atoms with E-state index in [1.807, 2.05) is 29.6 Å². The molecule has 7 nitrogen and oxygen atoms in total. The lowest BCUT2D eigenvalue weighted by Crippen LogP contribution is -2.36. The summed E-state index contributed by atoms with van der Waals surface area (Å²) in [6, 6.07) is 9.22. The number of likely N-dealkylation sites (tertiary alicyclic amines) is 1. The molecule has 1 fully saturated rings. The van der Waals surface area contributed by atoms with Crippen LogP contribution in [0, 0.1) is 0 Å². The zero-order valence-electron chi connectivity index (χ0n) is 15.0. The fourth-order valence-electron chi connectivity index (χ4n) is 3.18. The first kappa shape index (κ1) is 17.6. The highest BCUT2D eigenvalue weighted by Crippen LogP contribution is 2.35. The van der Waals surface area contributed by atoms with Crippen molar-refractivity contribution in [2.45, 2.75) is 12.0 Å². The number of aromatic nitrogens is 3. The van der Waals surface area contributed by atoms with Gasteiger partial charge >= 0.3 is 0 Å². The van der Waals surface area contributed by atoms with Crippen molar-refractivity contribution >= 4 is 23.2 Å². The molecule has 3 heterocycles. The van der Waals surface area contributed by atoms with Gasteiger partial charge in [-0.15, -0.1) is 11.3 Å². The quantitative estimate of drug-likeness (QED) is 0.721. The molecular formula is C19H19N5O2S. The fourth-order valence-corrected chi connectivity index (χ4v) is 3.99. The van der Waals surface area contributed by atoms with Crippen LogP contribution in [0.15, 0.2) is 41.9 Å². The van der Waals surface area contributed by atoms with E-state index in [9.17, 15) is 9.90 Å². The molecule has 1 atom stereocenters. The number of likely N-dealkylation sites (N-methyl/N-ethyl adjacent to an activating group) is 1. The molecule has 0 spiro atoms. The van der Waals surface area contributed by atoms with Crippen LogP contribution < -0.4 is 5.32 Å². The first-order valence-corrected chi connectivity index (χ1v) is 9.45. The number of amides is 1. The van der Waals surface area contributed by atoms with Crippen molar-refractivity contribution in [2.75, 3.05) is 26.0 Å². The first-order chi connectivity index (χ1) is 13.0. The van der Waals surface area contributed by atoms with Crippen LogP contribution in [-0.4, -0.2) is 51.5 Å². The van der Waals surface area contributed by atoms with Crippen LogP contribution in [0.1, 0.15) is 12.0 Å². The van der Waals surface area contributed by atoms with E-state index >= 15 is 0 Å². The number of hydrogen-bond donors (Lipinski definition) is 2. The second kappa shape index (κ2) is 6.71. The third-order valence-corrected chi connectivity index (χ3v) is 5.63. The van der Waals surface area contributed by atoms with Crippen LogP contribution in [-0.2, 0) is 10.4 Å². The van der Waals surface area contributed by atoms with E-state index in [0.29, 0.717) is 24.5 Å². The summed E-state index contributed by atoms with van der Waals surface area (Å²) in [5.74, 6) is 0.273. The predicted molar refractivity (Wildman–Crippen MR) is 104 cm³/mol. The summed E-state index contributed by atoms with van der Waals surface area (Å²) in [6.07, 6.45) is 2.08. The molecule has 1 aliphatic heterocycles. The van der Waals surface area contributed by atoms with Crippen LogP contribution in [0.25, 0.3) is 22.0 Å². The maximum Gasteiger partial charge on any atom is 0.258 e. The van der Waals surface area contributed by atoms with Crippen LogP contribution in [0.4, 0.5) is 5.95 Å². The molecule has 0 radical (unpaired) electrons. The summed E-state index contributed by atoms with van der Waals surface area (Å²) in [5.41, 5.74) is 1.50. The van der Waals surface area contributed by atoms with Gasteiger partial charge in [-0.3, -0.25) is 4.79 Å². The van der Waals surface area contributed by atoms with Gasteiger partial charge in [-0.1, -0.05) is 18.2 Å². The van der Waals surface area contributed by atoms with Crippen molar-refractivity contribution in [2.24, 2.45) is 0 Å². The summed E-state index contributed by atoms with van der Waals surface area (Å²) in [6.45, 7) is 0.544. The Morgan fingerprint density at radius 1 is 1.26 bits per heavy atom. The van der Waals surface area contributed by atoms with Crippen molar-refractivity contribution in [1.82, 2.24) is 19.9 Å². The van der Waals surface area contributed by atoms with Crippen molar-refractivity contribution < 1.29 is 9.90 Å². The van der Waals surface area contributed by atoms with Gasteiger partial charge < -0.3 is 15.3 Å². The third kappa shape index (κ3) is 3.07. The Balaban J connectivity index is 1.67. The number of nitrogens with one attached hydrogen (secondary N) is 1. The van der Waals surface area contributed by atoms with Gasteiger partial charge in [0.1, 0.15) is 10.7 Å². The minimum Gasteiger partial charge on any atom is -0.375 e. The third-order valence-electron chi connectivity index (χ3n) is 4.74. The topological polar surface area (TPSA) is 91.2 Å². The Kier molecular flexibility index (Phi) is 4.37. The normalized spacial score (nSPS) is 19.5. The lowest BCUT2D eigenvalue weighted by atomic mass is 9.91. The van der Waals surface area contributed by atoms with Crippen molar-refractivity contribution in [3.8, 4) is 22.0 Å². The summed E-state index contributed by atoms with van der Waals surface area (Å²) >= 11 is 1.49. The Hall–Kier alpha value is -2.84. The van der Waals surface area contributed by atoms with Gasteiger partial charge in [0.15, 0.2) is 5.60 Å². The molecule has 1 saturated heterocycles. The number of carbonyl (C=O) groups excluding carboxylic acids is 1. The number of hydrogen-bond acceptors (Lipinski definition) is 7. The van der Waals surface area contributed by atoms with Crippen LogP contribution in [0.2, 0.25) is 0 Å². The Bertz CT molecular complexity index is 1010. The van der Waals surface area contributed by atoms with Gasteiger partial charge in [-0.25, -0.2) is 15.0 Å². The van der Waals surface area contributed by atoms with Crippen molar-refractivity contribution in [1.29, 1.82) is 0 Å². The van der Waals surface area contributed by atoms with E-state index in [4.69, 9.17) is 0 Å². The fraction of sp³-hybridized carbons (Fsp3) is 0.263. The van der Waals surface area contributed by atoms with Gasteiger partial charge in [0.2, 0.25) is 5.95 Å². The highest BCUT2D eigenvalue weighted by molar-refractivity contribution is 7.13. The van der Waals surface area contributed by atoms with E-state index in [1.165, 1.54) is 11.3 Å². The number of rotatable bonds is 4. The molecule has 0 aliphatic carbocycles. The Morgan fingerprint density at radius 3 is 2.85 bits per heavy atom. The highest BCUT2D eigenvalue weighted by Gasteiger charge is 2.45. The van der Waals surface area contributed by atoms with Gasteiger partial charge in [-0.2, -0.15) is 0 Å². The molecular weight excluding hydrogens is 362 g/mol. The SMILES string of the molecule is CNc1nccc(-c2csc(-c3cccc([C@]4(O)CCN(C)C4=O)c3)n2)n1. The number of benzene rings is 1. The number of anilines is 1. The number of aliphatic hydroxyl groups is 1. The molecule has 0 saturated carbocycles. The lowest BCUT2D eigenvalue weighted by molar-refractivity contribution is -0.143. The van der Waals surface area contributed by atoms with Gasteiger partial charge in [-0.05, 0) is 17.7 Å². The molecule has 2 N–H and O–H groups in total. The average Bonchev–Trinajstić information content (AvgIpc) is 3.30. The molecule has 2 aromatic heterocycles. The van der Waals surface area contributed by atoms with Crippen LogP contribution in [0.5, 0.6) is 0 Å². The van der Waals surface area contributed by atoms with E-state index in [-0.39, 0.29) is 5.91 Å². The average molecular weight is 381 g/mol. The molecule has 1 aliphatic rings. The smallest absolute Gasteiger partial charge is 0.258 e.